The first-order chi connectivity index (χ1) is 8.49. The maximum atomic E-state index is 13.1. The van der Waals surface area contributed by atoms with E-state index in [1.807, 2.05) is 0 Å². The molecule has 0 fully saturated rings. The fourth-order valence-corrected chi connectivity index (χ4v) is 1.62. The molecule has 1 aromatic carbocycles. The van der Waals surface area contributed by atoms with Crippen molar-refractivity contribution in [2.75, 3.05) is 11.5 Å². The van der Waals surface area contributed by atoms with Gasteiger partial charge in [0.2, 0.25) is 0 Å². The van der Waals surface area contributed by atoms with Gasteiger partial charge < -0.3 is 16.6 Å². The van der Waals surface area contributed by atoms with Gasteiger partial charge in [-0.25, -0.2) is 9.07 Å². The summed E-state index contributed by atoms with van der Waals surface area (Å²) in [4.78, 5) is 10.7. The topological polar surface area (TPSA) is 107 Å². The molecule has 7 heteroatoms. The van der Waals surface area contributed by atoms with Crippen LogP contribution in [-0.2, 0) is 11.2 Å². The average Bonchev–Trinajstić information content (AvgIpc) is 2.56. The first kappa shape index (κ1) is 11.9. The van der Waals surface area contributed by atoms with Gasteiger partial charge in [-0.3, -0.25) is 4.79 Å². The summed E-state index contributed by atoms with van der Waals surface area (Å²) in [5.74, 6) is -1.38. The van der Waals surface area contributed by atoms with Crippen molar-refractivity contribution in [2.24, 2.45) is 0 Å². The summed E-state index contributed by atoms with van der Waals surface area (Å²) in [7, 11) is 0. The zero-order chi connectivity index (χ0) is 13.3. The van der Waals surface area contributed by atoms with Gasteiger partial charge in [-0.2, -0.15) is 0 Å². The number of aliphatic carboxylic acids is 1. The molecule has 1 heterocycles. The van der Waals surface area contributed by atoms with E-state index in [0.29, 0.717) is 5.69 Å². The van der Waals surface area contributed by atoms with Crippen LogP contribution in [0.5, 0.6) is 0 Å². The van der Waals surface area contributed by atoms with Crippen LogP contribution in [0.3, 0.4) is 0 Å². The molecule has 6 nitrogen and oxygen atoms in total. The lowest BCUT2D eigenvalue weighted by Gasteiger charge is -2.04. The Balaban J connectivity index is 2.50. The Hall–Kier alpha value is -2.57. The number of carboxylic acid groups (broad SMARTS) is 1. The molecule has 0 aliphatic heterocycles. The lowest BCUT2D eigenvalue weighted by atomic mass is 10.2. The van der Waals surface area contributed by atoms with Crippen molar-refractivity contribution in [3.8, 4) is 5.69 Å². The molecule has 2 rings (SSSR count). The van der Waals surface area contributed by atoms with Gasteiger partial charge in [0, 0.05) is 5.56 Å². The second kappa shape index (κ2) is 4.36. The molecule has 5 N–H and O–H groups in total. The number of aromatic nitrogens is 2. The Bertz CT molecular complexity index is 609. The second-order valence-corrected chi connectivity index (χ2v) is 3.71. The van der Waals surface area contributed by atoms with Gasteiger partial charge in [-0.15, -0.1) is 5.10 Å². The van der Waals surface area contributed by atoms with E-state index in [9.17, 15) is 9.18 Å². The third kappa shape index (κ3) is 2.10. The average molecular weight is 250 g/mol. The molecule has 0 aliphatic rings. The Morgan fingerprint density at radius 2 is 2.17 bits per heavy atom. The Kier molecular flexibility index (Phi) is 2.88. The van der Waals surface area contributed by atoms with E-state index >= 15 is 0 Å². The summed E-state index contributed by atoms with van der Waals surface area (Å²) in [6.07, 6.45) is -0.326. The molecule has 0 unspecified atom stereocenters. The van der Waals surface area contributed by atoms with Crippen LogP contribution in [0.4, 0.5) is 16.0 Å². The van der Waals surface area contributed by atoms with Crippen LogP contribution in [0.2, 0.25) is 0 Å². The molecule has 0 bridgehead atoms. The number of carbonyl (C=O) groups is 1. The number of nitrogens with two attached hydrogens (primary N) is 2. The molecule has 0 atom stereocenters. The number of carboxylic acids is 1. The third-order valence-electron chi connectivity index (χ3n) is 2.44. The number of hydrogen-bond acceptors (Lipinski definition) is 4. The van der Waals surface area contributed by atoms with Crippen molar-refractivity contribution < 1.29 is 14.3 Å². The number of nitrogen functional groups attached to an aromatic ring is 2. The fraction of sp³-hybridized carbons (Fsp3) is 0.0909. The van der Waals surface area contributed by atoms with Gasteiger partial charge in [0.15, 0.2) is 5.82 Å². The molecule has 0 spiro atoms. The Labute approximate surface area is 102 Å². The summed E-state index contributed by atoms with van der Waals surface area (Å²) in [6.45, 7) is 0. The summed E-state index contributed by atoms with van der Waals surface area (Å²) in [5.41, 5.74) is 12.0. The van der Waals surface area contributed by atoms with E-state index < -0.39 is 11.8 Å². The SMILES string of the molecule is Nc1nn(-c2cccc(F)c2)c(N)c1CC(=O)O. The van der Waals surface area contributed by atoms with E-state index in [1.165, 1.54) is 22.9 Å². The summed E-state index contributed by atoms with van der Waals surface area (Å²) < 4.78 is 14.3. The van der Waals surface area contributed by atoms with Gasteiger partial charge in [0.1, 0.15) is 11.6 Å². The quantitative estimate of drug-likeness (QED) is 0.747. The molecule has 0 amide bonds. The highest BCUT2D eigenvalue weighted by Gasteiger charge is 2.17. The van der Waals surface area contributed by atoms with E-state index in [1.54, 1.807) is 6.07 Å². The second-order valence-electron chi connectivity index (χ2n) is 3.71. The van der Waals surface area contributed by atoms with Crippen LogP contribution in [-0.4, -0.2) is 20.9 Å². The standard InChI is InChI=1S/C11H11FN4O2/c12-6-2-1-3-7(4-6)16-11(14)8(5-9(17)18)10(13)15-16/h1-4H,5,14H2,(H2,13,15)(H,17,18). The predicted octanol–water partition coefficient (Wildman–Crippen LogP) is 0.803. The van der Waals surface area contributed by atoms with Crippen molar-refractivity contribution in [1.82, 2.24) is 9.78 Å². The number of halogens is 1. The van der Waals surface area contributed by atoms with E-state index in [2.05, 4.69) is 5.10 Å². The van der Waals surface area contributed by atoms with Crippen molar-refractivity contribution in [3.05, 3.63) is 35.6 Å². The van der Waals surface area contributed by atoms with Crippen LogP contribution in [0.15, 0.2) is 24.3 Å². The minimum absolute atomic E-state index is 0.0270. The highest BCUT2D eigenvalue weighted by Crippen LogP contribution is 2.23. The predicted molar refractivity (Wildman–Crippen MR) is 63.7 cm³/mol. The first-order valence-corrected chi connectivity index (χ1v) is 5.09. The molecule has 18 heavy (non-hydrogen) atoms. The Morgan fingerprint density at radius 1 is 1.44 bits per heavy atom. The molecule has 0 aliphatic carbocycles. The highest BCUT2D eigenvalue weighted by molar-refractivity contribution is 5.75. The van der Waals surface area contributed by atoms with Crippen LogP contribution in [0, 0.1) is 5.82 Å². The smallest absolute Gasteiger partial charge is 0.308 e. The van der Waals surface area contributed by atoms with Crippen molar-refractivity contribution in [2.45, 2.75) is 6.42 Å². The lowest BCUT2D eigenvalue weighted by Crippen LogP contribution is -2.06. The minimum atomic E-state index is -1.06. The molecule has 0 radical (unpaired) electrons. The van der Waals surface area contributed by atoms with Crippen LogP contribution in [0.1, 0.15) is 5.56 Å². The number of rotatable bonds is 3. The van der Waals surface area contributed by atoms with Crippen molar-refractivity contribution in [1.29, 1.82) is 0 Å². The largest absolute Gasteiger partial charge is 0.481 e. The molecule has 0 saturated heterocycles. The summed E-state index contributed by atoms with van der Waals surface area (Å²) in [5, 5.41) is 12.6. The zero-order valence-corrected chi connectivity index (χ0v) is 9.30. The van der Waals surface area contributed by atoms with Crippen LogP contribution < -0.4 is 11.5 Å². The van der Waals surface area contributed by atoms with Crippen LogP contribution in [0.25, 0.3) is 5.69 Å². The van der Waals surface area contributed by atoms with Crippen molar-refractivity contribution in [3.63, 3.8) is 0 Å². The summed E-state index contributed by atoms with van der Waals surface area (Å²) in [6, 6.07) is 5.60. The van der Waals surface area contributed by atoms with E-state index in [4.69, 9.17) is 16.6 Å². The van der Waals surface area contributed by atoms with Gasteiger partial charge >= 0.3 is 5.97 Å². The molecule has 1 aromatic heterocycles. The van der Waals surface area contributed by atoms with Crippen molar-refractivity contribution >= 4 is 17.6 Å². The molecule has 2 aromatic rings. The van der Waals surface area contributed by atoms with Gasteiger partial charge in [-0.1, -0.05) is 6.07 Å². The number of anilines is 2. The normalized spacial score (nSPS) is 10.5. The zero-order valence-electron chi connectivity index (χ0n) is 9.30. The molecular weight excluding hydrogens is 239 g/mol. The summed E-state index contributed by atoms with van der Waals surface area (Å²) >= 11 is 0. The Morgan fingerprint density at radius 3 is 2.78 bits per heavy atom. The maximum absolute atomic E-state index is 13.1. The first-order valence-electron chi connectivity index (χ1n) is 5.09. The minimum Gasteiger partial charge on any atom is -0.481 e. The van der Waals surface area contributed by atoms with Gasteiger partial charge in [0.25, 0.3) is 0 Å². The highest BCUT2D eigenvalue weighted by atomic mass is 19.1. The molecule has 0 saturated carbocycles. The lowest BCUT2D eigenvalue weighted by molar-refractivity contribution is -0.136. The van der Waals surface area contributed by atoms with E-state index in [0.717, 1.165) is 0 Å². The van der Waals surface area contributed by atoms with E-state index in [-0.39, 0.29) is 23.6 Å². The number of benzene rings is 1. The number of hydrogen-bond donors (Lipinski definition) is 3. The third-order valence-corrected chi connectivity index (χ3v) is 2.44. The fourth-order valence-electron chi connectivity index (χ4n) is 1.62. The van der Waals surface area contributed by atoms with Gasteiger partial charge in [0.05, 0.1) is 12.1 Å². The number of nitrogens with zero attached hydrogens (tertiary/aromatic N) is 2. The molecule has 94 valence electrons. The monoisotopic (exact) mass is 250 g/mol. The van der Waals surface area contributed by atoms with Crippen LogP contribution >= 0.6 is 0 Å². The molecular formula is C11H11FN4O2. The van der Waals surface area contributed by atoms with Gasteiger partial charge in [-0.05, 0) is 18.2 Å². The maximum Gasteiger partial charge on any atom is 0.308 e.